The molecule has 10 heteroatoms. The molecule has 1 N–H and O–H groups in total. The summed E-state index contributed by atoms with van der Waals surface area (Å²) in [6, 6.07) is 4.53. The van der Waals surface area contributed by atoms with E-state index in [0.717, 1.165) is 16.4 Å². The predicted molar refractivity (Wildman–Crippen MR) is 74.1 cm³/mol. The van der Waals surface area contributed by atoms with Gasteiger partial charge in [0.25, 0.3) is 0 Å². The van der Waals surface area contributed by atoms with Gasteiger partial charge in [-0.1, -0.05) is 0 Å². The molecular weight excluding hydrogens is 337 g/mol. The van der Waals surface area contributed by atoms with Gasteiger partial charge in [-0.3, -0.25) is 4.79 Å². The highest BCUT2D eigenvalue weighted by Crippen LogP contribution is 2.57. The molecule has 0 radical (unpaired) electrons. The highest BCUT2D eigenvalue weighted by molar-refractivity contribution is 7.92. The fourth-order valence-corrected chi connectivity index (χ4v) is 5.02. The number of rotatable bonds is 3. The summed E-state index contributed by atoms with van der Waals surface area (Å²) in [4.78, 5) is 12.3. The molecular formula is C13H13F3N2O4S. The lowest BCUT2D eigenvalue weighted by Gasteiger charge is -2.17. The minimum absolute atomic E-state index is 0.203. The molecule has 1 aliphatic heterocycles. The van der Waals surface area contributed by atoms with Gasteiger partial charge in [-0.2, -0.15) is 0 Å². The first-order valence-corrected chi connectivity index (χ1v) is 8.13. The number of alkyl halides is 3. The molecule has 0 spiro atoms. The van der Waals surface area contributed by atoms with E-state index in [1.807, 2.05) is 0 Å². The third kappa shape index (κ3) is 2.55. The van der Waals surface area contributed by atoms with Crippen molar-refractivity contribution in [1.29, 1.82) is 0 Å². The van der Waals surface area contributed by atoms with Crippen molar-refractivity contribution in [3.63, 3.8) is 0 Å². The summed E-state index contributed by atoms with van der Waals surface area (Å²) in [5.41, 5.74) is 0.203. The number of anilines is 1. The van der Waals surface area contributed by atoms with Gasteiger partial charge in [0, 0.05) is 25.2 Å². The third-order valence-corrected chi connectivity index (χ3v) is 6.70. The van der Waals surface area contributed by atoms with Gasteiger partial charge in [0.15, 0.2) is 4.75 Å². The van der Waals surface area contributed by atoms with Crippen LogP contribution in [0.15, 0.2) is 24.3 Å². The lowest BCUT2D eigenvalue weighted by Crippen LogP contribution is -2.40. The zero-order chi connectivity index (χ0) is 17.0. The molecule has 1 aromatic rings. The summed E-state index contributed by atoms with van der Waals surface area (Å²) >= 11 is 0. The van der Waals surface area contributed by atoms with Crippen LogP contribution in [0.3, 0.4) is 0 Å². The largest absolute Gasteiger partial charge is 0.573 e. The molecule has 1 saturated heterocycles. The van der Waals surface area contributed by atoms with E-state index in [-0.39, 0.29) is 18.0 Å². The Labute approximate surface area is 130 Å². The quantitative estimate of drug-likeness (QED) is 0.898. The first kappa shape index (κ1) is 16.1. The van der Waals surface area contributed by atoms with E-state index in [2.05, 4.69) is 10.1 Å². The first-order valence-electron chi connectivity index (χ1n) is 6.69. The molecule has 2 fully saturated rings. The van der Waals surface area contributed by atoms with Crippen LogP contribution in [0.4, 0.5) is 18.9 Å². The Morgan fingerprint density at radius 3 is 2.43 bits per heavy atom. The number of hydrogen-bond donors (Lipinski definition) is 1. The van der Waals surface area contributed by atoms with Crippen LogP contribution in [0.25, 0.3) is 0 Å². The molecule has 2 aliphatic rings. The van der Waals surface area contributed by atoms with Crippen LogP contribution in [-0.2, 0) is 14.8 Å². The van der Waals surface area contributed by atoms with Gasteiger partial charge in [0.05, 0.1) is 0 Å². The standard InChI is InChI=1S/C13H13F3N2O4S/c1-18-7-8-6-12(8,23(18,20)21)11(19)17-9-2-4-10(5-3-9)22-13(14,15)16/h2-5,8H,6-7H2,1H3,(H,17,19)/t8-,12-/m0/s1. The normalized spacial score (nSPS) is 29.0. The molecule has 2 atom stereocenters. The number of hydrogen-bond acceptors (Lipinski definition) is 4. The number of carbonyl (C=O) groups is 1. The second-order valence-corrected chi connectivity index (χ2v) is 7.90. The lowest BCUT2D eigenvalue weighted by molar-refractivity contribution is -0.274. The second-order valence-electron chi connectivity index (χ2n) is 5.60. The first-order chi connectivity index (χ1) is 10.6. The van der Waals surface area contributed by atoms with Crippen LogP contribution >= 0.6 is 0 Å². The average Bonchev–Trinajstić information content (AvgIpc) is 3.10. The van der Waals surface area contributed by atoms with Crippen LogP contribution in [0, 0.1) is 5.92 Å². The number of carbonyl (C=O) groups excluding carboxylic acids is 1. The number of amides is 1. The number of fused-ring (bicyclic) bond motifs is 1. The number of nitrogens with zero attached hydrogens (tertiary/aromatic N) is 1. The summed E-state index contributed by atoms with van der Waals surface area (Å²) in [6.07, 6.45) is -4.53. The van der Waals surface area contributed by atoms with E-state index in [4.69, 9.17) is 0 Å². The Morgan fingerprint density at radius 1 is 1.35 bits per heavy atom. The van der Waals surface area contributed by atoms with Crippen molar-refractivity contribution < 1.29 is 31.1 Å². The maximum Gasteiger partial charge on any atom is 0.573 e. The molecule has 1 aliphatic carbocycles. The predicted octanol–water partition coefficient (Wildman–Crippen LogP) is 1.56. The second kappa shape index (κ2) is 4.84. The summed E-state index contributed by atoms with van der Waals surface area (Å²) < 4.78 is 64.1. The topological polar surface area (TPSA) is 75.7 Å². The van der Waals surface area contributed by atoms with Crippen molar-refractivity contribution in [3.8, 4) is 5.75 Å². The molecule has 0 unspecified atom stereocenters. The molecule has 1 heterocycles. The Bertz CT molecular complexity index is 747. The van der Waals surface area contributed by atoms with Crippen LogP contribution in [0.5, 0.6) is 5.75 Å². The molecule has 1 amide bonds. The lowest BCUT2D eigenvalue weighted by atomic mass is 10.2. The highest BCUT2D eigenvalue weighted by Gasteiger charge is 2.74. The average molecular weight is 350 g/mol. The Kier molecular flexibility index (Phi) is 3.38. The van der Waals surface area contributed by atoms with Gasteiger partial charge < -0.3 is 10.1 Å². The van der Waals surface area contributed by atoms with Crippen molar-refractivity contribution in [1.82, 2.24) is 4.31 Å². The summed E-state index contributed by atoms with van der Waals surface area (Å²) in [6.45, 7) is 0.300. The van der Waals surface area contributed by atoms with Crippen molar-refractivity contribution in [2.24, 2.45) is 5.92 Å². The van der Waals surface area contributed by atoms with E-state index in [0.29, 0.717) is 6.54 Å². The van der Waals surface area contributed by atoms with Gasteiger partial charge >= 0.3 is 6.36 Å². The summed E-state index contributed by atoms with van der Waals surface area (Å²) in [5, 5.41) is 2.45. The fraction of sp³-hybridized carbons (Fsp3) is 0.462. The smallest absolute Gasteiger partial charge is 0.406 e. The number of halogens is 3. The van der Waals surface area contributed by atoms with Crippen molar-refractivity contribution in [3.05, 3.63) is 24.3 Å². The minimum atomic E-state index is -4.80. The van der Waals surface area contributed by atoms with Crippen LogP contribution in [0.2, 0.25) is 0 Å². The Hall–Kier alpha value is -1.81. The van der Waals surface area contributed by atoms with Crippen molar-refractivity contribution >= 4 is 21.6 Å². The minimum Gasteiger partial charge on any atom is -0.406 e. The monoisotopic (exact) mass is 350 g/mol. The van der Waals surface area contributed by atoms with E-state index in [1.165, 1.54) is 19.2 Å². The van der Waals surface area contributed by atoms with E-state index in [1.54, 1.807) is 0 Å². The van der Waals surface area contributed by atoms with Gasteiger partial charge in [0.1, 0.15) is 5.75 Å². The maximum absolute atomic E-state index is 12.3. The van der Waals surface area contributed by atoms with Crippen molar-refractivity contribution in [2.45, 2.75) is 17.5 Å². The van der Waals surface area contributed by atoms with Crippen LogP contribution < -0.4 is 10.1 Å². The van der Waals surface area contributed by atoms with Gasteiger partial charge in [0.2, 0.25) is 15.9 Å². The molecule has 6 nitrogen and oxygen atoms in total. The third-order valence-electron chi connectivity index (χ3n) is 4.13. The zero-order valence-electron chi connectivity index (χ0n) is 11.9. The Morgan fingerprint density at radius 2 is 1.96 bits per heavy atom. The van der Waals surface area contributed by atoms with Crippen LogP contribution in [-0.4, -0.2) is 43.3 Å². The Balaban J connectivity index is 1.73. The molecule has 1 aromatic carbocycles. The molecule has 3 rings (SSSR count). The zero-order valence-corrected chi connectivity index (χ0v) is 12.7. The summed E-state index contributed by atoms with van der Waals surface area (Å²) in [5.74, 6) is -1.33. The highest BCUT2D eigenvalue weighted by atomic mass is 32.2. The number of sulfonamides is 1. The maximum atomic E-state index is 12.3. The van der Waals surface area contributed by atoms with E-state index in [9.17, 15) is 26.4 Å². The SMILES string of the molecule is CN1C[C@@H]2C[C@]2(C(=O)Nc2ccc(OC(F)(F)F)cc2)S1(=O)=O. The molecule has 0 bridgehead atoms. The van der Waals surface area contributed by atoms with Gasteiger partial charge in [-0.15, -0.1) is 13.2 Å². The fourth-order valence-electron chi connectivity index (χ4n) is 2.89. The van der Waals surface area contributed by atoms with E-state index >= 15 is 0 Å². The number of nitrogens with one attached hydrogen (secondary N) is 1. The molecule has 1 saturated carbocycles. The van der Waals surface area contributed by atoms with E-state index < -0.39 is 32.8 Å². The molecule has 0 aromatic heterocycles. The van der Waals surface area contributed by atoms with Crippen molar-refractivity contribution in [2.75, 3.05) is 18.9 Å². The van der Waals surface area contributed by atoms with Crippen LogP contribution in [0.1, 0.15) is 6.42 Å². The summed E-state index contributed by atoms with van der Waals surface area (Å²) in [7, 11) is -2.28. The molecule has 126 valence electrons. The molecule has 23 heavy (non-hydrogen) atoms. The number of benzene rings is 1. The van der Waals surface area contributed by atoms with Gasteiger partial charge in [-0.25, -0.2) is 12.7 Å². The number of ether oxygens (including phenoxy) is 1. The van der Waals surface area contributed by atoms with Gasteiger partial charge in [-0.05, 0) is 30.7 Å².